The summed E-state index contributed by atoms with van der Waals surface area (Å²) >= 11 is 0. The van der Waals surface area contributed by atoms with Crippen LogP contribution in [0.2, 0.25) is 0 Å². The average molecular weight is 478 g/mol. The Kier molecular flexibility index (Phi) is 21.1. The first-order valence-corrected chi connectivity index (χ1v) is 13.4. The number of allylic oxidation sites excluding steroid dienone is 4. The van der Waals surface area contributed by atoms with Crippen LogP contribution in [-0.4, -0.2) is 48.4 Å². The maximum Gasteiger partial charge on any atom is 0.472 e. The number of aliphatic hydroxyl groups excluding tert-OH is 1. The molecule has 188 valence electrons. The summed E-state index contributed by atoms with van der Waals surface area (Å²) in [4.78, 5) is 21.3. The zero-order valence-corrected chi connectivity index (χ0v) is 20.6. The largest absolute Gasteiger partial charge is 0.472 e. The Morgan fingerprint density at radius 3 is 2.22 bits per heavy atom. The lowest BCUT2D eigenvalue weighted by molar-refractivity contribution is -0.153. The number of carbonyl (C=O) groups excluding carboxylic acids is 1. The summed E-state index contributed by atoms with van der Waals surface area (Å²) in [6.07, 6.45) is 20.2. The molecule has 0 bridgehead atoms. The third kappa shape index (κ3) is 20.9. The Morgan fingerprint density at radius 2 is 1.59 bits per heavy atom. The molecular formula is C23H44NO7P. The highest BCUT2D eigenvalue weighted by Gasteiger charge is 2.24. The molecule has 0 radical (unpaired) electrons. The Hall–Kier alpha value is -1.02. The minimum absolute atomic E-state index is 0.0693. The number of phosphoric acid groups is 1. The number of carbonyl (C=O) groups is 1. The number of rotatable bonds is 22. The van der Waals surface area contributed by atoms with Gasteiger partial charge in [0.2, 0.25) is 0 Å². The van der Waals surface area contributed by atoms with Crippen molar-refractivity contribution >= 4 is 13.8 Å². The van der Waals surface area contributed by atoms with E-state index in [-0.39, 0.29) is 19.6 Å². The summed E-state index contributed by atoms with van der Waals surface area (Å²) in [6, 6.07) is 0. The van der Waals surface area contributed by atoms with E-state index in [0.717, 1.165) is 38.5 Å². The lowest BCUT2D eigenvalue weighted by atomic mass is 10.1. The summed E-state index contributed by atoms with van der Waals surface area (Å²) in [5, 5.41) is 9.25. The van der Waals surface area contributed by atoms with Gasteiger partial charge in [-0.05, 0) is 38.5 Å². The van der Waals surface area contributed by atoms with Gasteiger partial charge in [-0.3, -0.25) is 13.8 Å². The van der Waals surface area contributed by atoms with E-state index in [1.165, 1.54) is 25.7 Å². The van der Waals surface area contributed by atoms with Crippen molar-refractivity contribution in [3.63, 3.8) is 0 Å². The molecule has 0 aliphatic heterocycles. The number of esters is 1. The minimum atomic E-state index is -4.26. The molecular weight excluding hydrogens is 433 g/mol. The van der Waals surface area contributed by atoms with Crippen molar-refractivity contribution in [3.05, 3.63) is 24.3 Å². The first-order chi connectivity index (χ1) is 15.4. The quantitative estimate of drug-likeness (QED) is 0.0878. The summed E-state index contributed by atoms with van der Waals surface area (Å²) in [5.41, 5.74) is 5.19. The molecule has 0 aromatic carbocycles. The van der Waals surface area contributed by atoms with E-state index in [4.69, 9.17) is 15.0 Å². The van der Waals surface area contributed by atoms with Crippen molar-refractivity contribution in [2.45, 2.75) is 90.1 Å². The second kappa shape index (κ2) is 21.8. The molecule has 0 spiro atoms. The third-order valence-corrected chi connectivity index (χ3v) is 5.61. The molecule has 0 fully saturated rings. The fraction of sp³-hybridized carbons (Fsp3) is 0.783. The predicted molar refractivity (Wildman–Crippen MR) is 127 cm³/mol. The number of phosphoric ester groups is 1. The summed E-state index contributed by atoms with van der Waals surface area (Å²) < 4.78 is 25.9. The SMILES string of the molecule is CCCCCC=CCC=CCCCCCCCC(=O)O[C@@H](CO)COP(=O)(O)OCCN. The van der Waals surface area contributed by atoms with Gasteiger partial charge in [0.25, 0.3) is 0 Å². The maximum atomic E-state index is 11.9. The van der Waals surface area contributed by atoms with Gasteiger partial charge in [0.15, 0.2) is 0 Å². The molecule has 0 aromatic heterocycles. The van der Waals surface area contributed by atoms with Gasteiger partial charge >= 0.3 is 13.8 Å². The summed E-state index contributed by atoms with van der Waals surface area (Å²) in [7, 11) is -4.26. The molecule has 9 heteroatoms. The first kappa shape index (κ1) is 31.0. The standard InChI is InChI=1S/C23H44NO7P/c1-2-3-4-5-6-7-8-9-10-11-12-13-14-15-16-17-23(26)31-22(20-25)21-30-32(27,28)29-19-18-24/h6-7,9-10,22,25H,2-5,8,11-21,24H2,1H3,(H,27,28)/t22-/m0/s1. The number of hydrogen-bond acceptors (Lipinski definition) is 7. The van der Waals surface area contributed by atoms with Gasteiger partial charge in [0, 0.05) is 13.0 Å². The highest BCUT2D eigenvalue weighted by molar-refractivity contribution is 7.47. The molecule has 32 heavy (non-hydrogen) atoms. The van der Waals surface area contributed by atoms with Crippen LogP contribution < -0.4 is 5.73 Å². The van der Waals surface area contributed by atoms with E-state index >= 15 is 0 Å². The van der Waals surface area contributed by atoms with Gasteiger partial charge in [-0.2, -0.15) is 0 Å². The van der Waals surface area contributed by atoms with Crippen molar-refractivity contribution in [1.29, 1.82) is 0 Å². The van der Waals surface area contributed by atoms with Crippen molar-refractivity contribution in [2.24, 2.45) is 5.73 Å². The first-order valence-electron chi connectivity index (χ1n) is 11.9. The van der Waals surface area contributed by atoms with Gasteiger partial charge in [-0.15, -0.1) is 0 Å². The van der Waals surface area contributed by atoms with Gasteiger partial charge in [-0.25, -0.2) is 4.57 Å². The molecule has 1 unspecified atom stereocenters. The molecule has 4 N–H and O–H groups in total. The minimum Gasteiger partial charge on any atom is -0.457 e. The molecule has 0 aliphatic carbocycles. The van der Waals surface area contributed by atoms with Crippen molar-refractivity contribution in [3.8, 4) is 0 Å². The Bertz CT molecular complexity index is 554. The fourth-order valence-corrected chi connectivity index (χ4v) is 3.60. The molecule has 0 aromatic rings. The van der Waals surface area contributed by atoms with Gasteiger partial charge in [0.05, 0.1) is 19.8 Å². The second-order valence-electron chi connectivity index (χ2n) is 7.66. The van der Waals surface area contributed by atoms with E-state index in [1.54, 1.807) is 0 Å². The number of nitrogens with two attached hydrogens (primary N) is 1. The Morgan fingerprint density at radius 1 is 0.969 bits per heavy atom. The lowest BCUT2D eigenvalue weighted by Gasteiger charge is -2.17. The number of aliphatic hydroxyl groups is 1. The van der Waals surface area contributed by atoms with E-state index < -0.39 is 33.1 Å². The van der Waals surface area contributed by atoms with Crippen molar-refractivity contribution in [1.82, 2.24) is 0 Å². The van der Waals surface area contributed by atoms with Crippen molar-refractivity contribution < 1.29 is 33.1 Å². The molecule has 0 heterocycles. The zero-order valence-electron chi connectivity index (χ0n) is 19.7. The second-order valence-corrected chi connectivity index (χ2v) is 9.11. The van der Waals surface area contributed by atoms with Crippen LogP contribution in [0, 0.1) is 0 Å². The van der Waals surface area contributed by atoms with Crippen LogP contribution in [0.1, 0.15) is 84.0 Å². The molecule has 0 aliphatic rings. The van der Waals surface area contributed by atoms with E-state index in [0.29, 0.717) is 6.42 Å². The Balaban J connectivity index is 3.69. The van der Waals surface area contributed by atoms with Gasteiger partial charge in [-0.1, -0.05) is 63.3 Å². The predicted octanol–water partition coefficient (Wildman–Crippen LogP) is 4.80. The van der Waals surface area contributed by atoms with Crippen LogP contribution in [0.5, 0.6) is 0 Å². The van der Waals surface area contributed by atoms with E-state index in [2.05, 4.69) is 35.8 Å². The summed E-state index contributed by atoms with van der Waals surface area (Å²) in [6.45, 7) is 1.21. The monoisotopic (exact) mass is 477 g/mol. The molecule has 8 nitrogen and oxygen atoms in total. The van der Waals surface area contributed by atoms with E-state index in [9.17, 15) is 19.4 Å². The van der Waals surface area contributed by atoms with Crippen LogP contribution in [-0.2, 0) is 23.1 Å². The maximum absolute atomic E-state index is 11.9. The highest BCUT2D eigenvalue weighted by atomic mass is 31.2. The molecule has 0 saturated heterocycles. The average Bonchev–Trinajstić information content (AvgIpc) is 2.77. The third-order valence-electron chi connectivity index (χ3n) is 4.63. The zero-order chi connectivity index (χ0) is 23.9. The molecule has 2 atom stereocenters. The Labute approximate surface area is 193 Å². The smallest absolute Gasteiger partial charge is 0.457 e. The van der Waals surface area contributed by atoms with Crippen LogP contribution >= 0.6 is 7.82 Å². The number of unbranched alkanes of at least 4 members (excludes halogenated alkanes) is 8. The van der Waals surface area contributed by atoms with Gasteiger partial charge < -0.3 is 20.5 Å². The lowest BCUT2D eigenvalue weighted by Crippen LogP contribution is -2.27. The molecule has 0 amide bonds. The molecule has 0 rings (SSSR count). The van der Waals surface area contributed by atoms with Crippen LogP contribution in [0.15, 0.2) is 24.3 Å². The topological polar surface area (TPSA) is 128 Å². The van der Waals surface area contributed by atoms with Crippen LogP contribution in [0.25, 0.3) is 0 Å². The van der Waals surface area contributed by atoms with E-state index in [1.807, 2.05) is 0 Å². The molecule has 0 saturated carbocycles. The fourth-order valence-electron chi connectivity index (χ4n) is 2.83. The van der Waals surface area contributed by atoms with Crippen LogP contribution in [0.3, 0.4) is 0 Å². The van der Waals surface area contributed by atoms with Crippen molar-refractivity contribution in [2.75, 3.05) is 26.4 Å². The summed E-state index contributed by atoms with van der Waals surface area (Å²) in [5.74, 6) is -0.464. The van der Waals surface area contributed by atoms with Crippen LogP contribution in [0.4, 0.5) is 0 Å². The number of hydrogen-bond donors (Lipinski definition) is 3. The normalized spacial score (nSPS) is 14.8. The van der Waals surface area contributed by atoms with Gasteiger partial charge in [0.1, 0.15) is 6.10 Å². The number of ether oxygens (including phenoxy) is 1. The highest BCUT2D eigenvalue weighted by Crippen LogP contribution is 2.42.